The highest BCUT2D eigenvalue weighted by molar-refractivity contribution is 6.22. The van der Waals surface area contributed by atoms with Crippen LogP contribution in [0.3, 0.4) is 0 Å². The molecule has 4 heteroatoms. The van der Waals surface area contributed by atoms with E-state index in [1.807, 2.05) is 30.3 Å². The van der Waals surface area contributed by atoms with E-state index in [1.165, 1.54) is 7.11 Å². The van der Waals surface area contributed by atoms with Gasteiger partial charge in [-0.05, 0) is 5.56 Å². The first-order valence-corrected chi connectivity index (χ1v) is 4.10. The minimum absolute atomic E-state index is 0.342. The molecule has 74 valence electrons. The number of hydrogen-bond acceptors (Lipinski definition) is 4. The van der Waals surface area contributed by atoms with Crippen molar-refractivity contribution in [1.29, 1.82) is 0 Å². The number of esters is 1. The Balaban J connectivity index is 2.29. The number of rotatable bonds is 4. The molecule has 0 aliphatic carbocycles. The quantitative estimate of drug-likeness (QED) is 0.412. The Morgan fingerprint density at radius 3 is 2.79 bits per heavy atom. The minimum Gasteiger partial charge on any atom is -0.465 e. The normalized spacial score (nSPS) is 10.1. The predicted octanol–water partition coefficient (Wildman–Crippen LogP) is 1.36. The van der Waals surface area contributed by atoms with E-state index < -0.39 is 5.97 Å². The van der Waals surface area contributed by atoms with Crippen molar-refractivity contribution in [3.05, 3.63) is 35.9 Å². The van der Waals surface area contributed by atoms with E-state index >= 15 is 0 Å². The van der Waals surface area contributed by atoms with Crippen molar-refractivity contribution in [2.24, 2.45) is 5.16 Å². The van der Waals surface area contributed by atoms with E-state index in [0.717, 1.165) is 11.8 Å². The number of nitrogens with zero attached hydrogens (tertiary/aromatic N) is 1. The number of benzene rings is 1. The van der Waals surface area contributed by atoms with Crippen LogP contribution < -0.4 is 0 Å². The molecular formula is C10H11NO3. The summed E-state index contributed by atoms with van der Waals surface area (Å²) in [4.78, 5) is 15.4. The van der Waals surface area contributed by atoms with Crippen LogP contribution in [0.15, 0.2) is 35.5 Å². The minimum atomic E-state index is -0.530. The zero-order valence-corrected chi connectivity index (χ0v) is 7.84. The smallest absolute Gasteiger partial charge is 0.352 e. The molecule has 0 bridgehead atoms. The lowest BCUT2D eigenvalue weighted by Crippen LogP contribution is -2.01. The Kier molecular flexibility index (Phi) is 4.20. The van der Waals surface area contributed by atoms with Gasteiger partial charge in [0.05, 0.1) is 7.11 Å². The van der Waals surface area contributed by atoms with Crippen LogP contribution in [-0.4, -0.2) is 19.3 Å². The van der Waals surface area contributed by atoms with Crippen LogP contribution in [0.4, 0.5) is 0 Å². The average Bonchev–Trinajstić information content (AvgIpc) is 2.25. The maximum atomic E-state index is 10.6. The molecule has 0 radical (unpaired) electrons. The monoisotopic (exact) mass is 193 g/mol. The standard InChI is InChI=1S/C10H11NO3/c1-13-10(12)7-11-14-8-9-5-3-2-4-6-9/h2-7H,8H2,1H3/b11-7-. The van der Waals surface area contributed by atoms with E-state index in [4.69, 9.17) is 4.84 Å². The summed E-state index contributed by atoms with van der Waals surface area (Å²) in [5.41, 5.74) is 0.995. The summed E-state index contributed by atoms with van der Waals surface area (Å²) in [6, 6.07) is 9.55. The van der Waals surface area contributed by atoms with Crippen LogP contribution in [0.5, 0.6) is 0 Å². The van der Waals surface area contributed by atoms with E-state index in [9.17, 15) is 4.79 Å². The van der Waals surface area contributed by atoms with Gasteiger partial charge in [-0.25, -0.2) is 4.79 Å². The molecule has 0 N–H and O–H groups in total. The fraction of sp³-hybridized carbons (Fsp3) is 0.200. The fourth-order valence-electron chi connectivity index (χ4n) is 0.819. The Morgan fingerprint density at radius 2 is 2.14 bits per heavy atom. The van der Waals surface area contributed by atoms with E-state index in [2.05, 4.69) is 9.89 Å². The first-order valence-electron chi connectivity index (χ1n) is 4.10. The summed E-state index contributed by atoms with van der Waals surface area (Å²) < 4.78 is 4.33. The number of hydrogen-bond donors (Lipinski definition) is 0. The van der Waals surface area contributed by atoms with Crippen molar-refractivity contribution in [3.63, 3.8) is 0 Å². The van der Waals surface area contributed by atoms with Crippen molar-refractivity contribution >= 4 is 12.2 Å². The van der Waals surface area contributed by atoms with Gasteiger partial charge in [-0.3, -0.25) is 0 Å². The Bertz CT molecular complexity index is 308. The SMILES string of the molecule is COC(=O)/C=N\OCc1ccccc1. The van der Waals surface area contributed by atoms with Crippen LogP contribution in [0.25, 0.3) is 0 Å². The topological polar surface area (TPSA) is 47.9 Å². The van der Waals surface area contributed by atoms with Crippen molar-refractivity contribution in [1.82, 2.24) is 0 Å². The van der Waals surface area contributed by atoms with Gasteiger partial charge in [-0.2, -0.15) is 0 Å². The third kappa shape index (κ3) is 3.71. The second kappa shape index (κ2) is 5.75. The molecule has 0 saturated heterocycles. The molecule has 0 aromatic heterocycles. The van der Waals surface area contributed by atoms with Crippen LogP contribution in [0, 0.1) is 0 Å². The zero-order chi connectivity index (χ0) is 10.2. The Labute approximate surface area is 82.1 Å². The molecule has 0 aliphatic rings. The maximum absolute atomic E-state index is 10.6. The van der Waals surface area contributed by atoms with Gasteiger partial charge < -0.3 is 9.57 Å². The molecule has 1 aromatic carbocycles. The van der Waals surface area contributed by atoms with Crippen LogP contribution in [-0.2, 0) is 21.0 Å². The molecule has 0 aliphatic heterocycles. The van der Waals surface area contributed by atoms with Gasteiger partial charge in [0.2, 0.25) is 0 Å². The molecule has 0 fully saturated rings. The van der Waals surface area contributed by atoms with Gasteiger partial charge in [0.15, 0.2) is 6.21 Å². The molecule has 0 spiro atoms. The number of carbonyl (C=O) groups excluding carboxylic acids is 1. The molecule has 1 aromatic rings. The Morgan fingerprint density at radius 1 is 1.43 bits per heavy atom. The zero-order valence-electron chi connectivity index (χ0n) is 7.84. The Hall–Kier alpha value is -1.84. The summed E-state index contributed by atoms with van der Waals surface area (Å²) in [5.74, 6) is -0.530. The molecule has 0 amide bonds. The molecule has 1 rings (SSSR count). The number of ether oxygens (including phenoxy) is 1. The lowest BCUT2D eigenvalue weighted by atomic mass is 10.2. The van der Waals surface area contributed by atoms with Gasteiger partial charge >= 0.3 is 5.97 Å². The van der Waals surface area contributed by atoms with Crippen LogP contribution in [0.2, 0.25) is 0 Å². The average molecular weight is 193 g/mol. The molecule has 0 heterocycles. The first-order chi connectivity index (χ1) is 6.83. The number of oxime groups is 1. The third-order valence-corrected chi connectivity index (χ3v) is 1.51. The number of carbonyl (C=O) groups is 1. The summed E-state index contributed by atoms with van der Waals surface area (Å²) in [5, 5.41) is 3.44. The molecule has 0 atom stereocenters. The third-order valence-electron chi connectivity index (χ3n) is 1.51. The van der Waals surface area contributed by atoms with Gasteiger partial charge in [0.1, 0.15) is 6.61 Å². The second-order valence-electron chi connectivity index (χ2n) is 2.52. The highest BCUT2D eigenvalue weighted by atomic mass is 16.6. The summed E-state index contributed by atoms with van der Waals surface area (Å²) in [7, 11) is 1.28. The largest absolute Gasteiger partial charge is 0.465 e. The van der Waals surface area contributed by atoms with Crippen LogP contribution >= 0.6 is 0 Å². The predicted molar refractivity (Wildman–Crippen MR) is 51.7 cm³/mol. The molecular weight excluding hydrogens is 182 g/mol. The van der Waals surface area contributed by atoms with Gasteiger partial charge in [-0.1, -0.05) is 35.5 Å². The highest BCUT2D eigenvalue weighted by Crippen LogP contribution is 1.99. The summed E-state index contributed by atoms with van der Waals surface area (Å²) >= 11 is 0. The van der Waals surface area contributed by atoms with Gasteiger partial charge in [-0.15, -0.1) is 0 Å². The van der Waals surface area contributed by atoms with Gasteiger partial charge in [0, 0.05) is 0 Å². The lowest BCUT2D eigenvalue weighted by molar-refractivity contribution is -0.132. The highest BCUT2D eigenvalue weighted by Gasteiger charge is 1.92. The second-order valence-corrected chi connectivity index (χ2v) is 2.52. The number of methoxy groups -OCH3 is 1. The van der Waals surface area contributed by atoms with Gasteiger partial charge in [0.25, 0.3) is 0 Å². The van der Waals surface area contributed by atoms with Crippen molar-refractivity contribution < 1.29 is 14.4 Å². The first kappa shape index (κ1) is 10.2. The van der Waals surface area contributed by atoms with Crippen LogP contribution in [0.1, 0.15) is 5.56 Å². The summed E-state index contributed by atoms with van der Waals surface area (Å²) in [6.45, 7) is 0.342. The van der Waals surface area contributed by atoms with E-state index in [0.29, 0.717) is 6.61 Å². The fourth-order valence-corrected chi connectivity index (χ4v) is 0.819. The van der Waals surface area contributed by atoms with Crippen molar-refractivity contribution in [3.8, 4) is 0 Å². The molecule has 4 nitrogen and oxygen atoms in total. The lowest BCUT2D eigenvalue weighted by Gasteiger charge is -1.97. The molecule has 14 heavy (non-hydrogen) atoms. The summed E-state index contributed by atoms with van der Waals surface area (Å²) in [6.07, 6.45) is 0.989. The molecule has 0 unspecified atom stereocenters. The van der Waals surface area contributed by atoms with E-state index in [1.54, 1.807) is 0 Å². The van der Waals surface area contributed by atoms with E-state index in [-0.39, 0.29) is 0 Å². The van der Waals surface area contributed by atoms with Crippen molar-refractivity contribution in [2.45, 2.75) is 6.61 Å². The molecule has 0 saturated carbocycles. The van der Waals surface area contributed by atoms with Crippen molar-refractivity contribution in [2.75, 3.05) is 7.11 Å². The maximum Gasteiger partial charge on any atom is 0.352 e.